The molecule has 0 aliphatic carbocycles. The van der Waals surface area contributed by atoms with Crippen LogP contribution < -0.4 is 5.32 Å². The maximum Gasteiger partial charge on any atom is 0.336 e. The van der Waals surface area contributed by atoms with E-state index in [9.17, 15) is 19.7 Å². The van der Waals surface area contributed by atoms with E-state index in [0.717, 1.165) is 32.0 Å². The lowest BCUT2D eigenvalue weighted by Gasteiger charge is -2.32. The summed E-state index contributed by atoms with van der Waals surface area (Å²) in [7, 11) is 1.27. The van der Waals surface area contributed by atoms with Gasteiger partial charge in [0.1, 0.15) is 0 Å². The summed E-state index contributed by atoms with van der Waals surface area (Å²) in [5.41, 5.74) is 3.26. The number of dihydropyridines is 1. The number of esters is 2. The Kier molecular flexibility index (Phi) is 10.9. The van der Waals surface area contributed by atoms with Crippen LogP contribution in [0.1, 0.15) is 63.0 Å². The Morgan fingerprint density at radius 1 is 0.976 bits per heavy atom. The number of aryl methyl sites for hydroxylation is 1. The first-order valence-electron chi connectivity index (χ1n) is 14.7. The molecule has 1 atom stereocenters. The molecule has 1 N–H and O–H groups in total. The minimum absolute atomic E-state index is 0.127. The van der Waals surface area contributed by atoms with Gasteiger partial charge in [-0.15, -0.1) is 0 Å². The van der Waals surface area contributed by atoms with Crippen molar-refractivity contribution in [2.45, 2.75) is 58.3 Å². The molecule has 0 aromatic heterocycles. The van der Waals surface area contributed by atoms with E-state index in [1.54, 1.807) is 26.0 Å². The number of methoxy groups -OCH3 is 1. The van der Waals surface area contributed by atoms with Crippen molar-refractivity contribution >= 4 is 17.6 Å². The number of allylic oxidation sites excluding steroid dienone is 2. The molecule has 0 amide bonds. The number of nitro benzene ring substituents is 1. The van der Waals surface area contributed by atoms with E-state index < -0.39 is 22.8 Å². The topological polar surface area (TPSA) is 111 Å². The number of piperidine rings is 1. The van der Waals surface area contributed by atoms with Crippen LogP contribution in [0.25, 0.3) is 0 Å². The van der Waals surface area contributed by atoms with Crippen molar-refractivity contribution < 1.29 is 24.0 Å². The molecule has 0 spiro atoms. The van der Waals surface area contributed by atoms with Gasteiger partial charge in [0.2, 0.25) is 0 Å². The third kappa shape index (κ3) is 7.85. The number of hydrogen-bond acceptors (Lipinski definition) is 8. The fourth-order valence-corrected chi connectivity index (χ4v) is 6.07. The number of rotatable bonds is 12. The fraction of sp³-hybridized carbons (Fsp3) is 0.455. The molecule has 2 heterocycles. The second-order valence-electron chi connectivity index (χ2n) is 11.1. The number of nitrogens with one attached hydrogen (secondary N) is 1. The van der Waals surface area contributed by atoms with Gasteiger partial charge in [-0.25, -0.2) is 9.59 Å². The van der Waals surface area contributed by atoms with Crippen LogP contribution in [0.4, 0.5) is 5.69 Å². The number of benzene rings is 2. The molecule has 2 aliphatic heterocycles. The molecule has 1 unspecified atom stereocenters. The smallest absolute Gasteiger partial charge is 0.336 e. The lowest BCUT2D eigenvalue weighted by atomic mass is 9.80. The first-order chi connectivity index (χ1) is 20.3. The molecule has 224 valence electrons. The number of nitro groups is 1. The summed E-state index contributed by atoms with van der Waals surface area (Å²) in [4.78, 5) is 39.6. The summed E-state index contributed by atoms with van der Waals surface area (Å²) in [6.45, 7) is 6.65. The molecule has 42 heavy (non-hydrogen) atoms. The molecule has 2 aromatic carbocycles. The Hall–Kier alpha value is -3.98. The number of ether oxygens (including phenoxy) is 2. The van der Waals surface area contributed by atoms with Crippen LogP contribution in [0.3, 0.4) is 0 Å². The molecule has 2 aromatic rings. The molecule has 0 radical (unpaired) electrons. The largest absolute Gasteiger partial charge is 0.466 e. The van der Waals surface area contributed by atoms with E-state index in [-0.39, 0.29) is 23.4 Å². The average Bonchev–Trinajstić information content (AvgIpc) is 2.99. The molecule has 9 heteroatoms. The van der Waals surface area contributed by atoms with Crippen LogP contribution >= 0.6 is 0 Å². The SMILES string of the molecule is COC(=O)C1=C(C)NC(C)=C(C(=O)OCCCN2CCC(CCCc3ccccc3)CC2)C1c1cccc([N+](=O)[O-])c1. The van der Waals surface area contributed by atoms with Crippen molar-refractivity contribution in [3.63, 3.8) is 0 Å². The minimum atomic E-state index is -0.855. The quantitative estimate of drug-likeness (QED) is 0.149. The molecule has 0 saturated carbocycles. The van der Waals surface area contributed by atoms with Gasteiger partial charge in [0.25, 0.3) is 5.69 Å². The molecular formula is C33H41N3O6. The lowest BCUT2D eigenvalue weighted by Crippen LogP contribution is -2.35. The summed E-state index contributed by atoms with van der Waals surface area (Å²) >= 11 is 0. The van der Waals surface area contributed by atoms with Crippen molar-refractivity contribution in [1.82, 2.24) is 10.2 Å². The molecule has 1 fully saturated rings. The van der Waals surface area contributed by atoms with Gasteiger partial charge in [0.15, 0.2) is 0 Å². The van der Waals surface area contributed by atoms with Gasteiger partial charge in [-0.3, -0.25) is 10.1 Å². The highest BCUT2D eigenvalue weighted by Crippen LogP contribution is 2.40. The lowest BCUT2D eigenvalue weighted by molar-refractivity contribution is -0.384. The van der Waals surface area contributed by atoms with Crippen molar-refractivity contribution in [3.05, 3.63) is 98.4 Å². The molecule has 2 aliphatic rings. The van der Waals surface area contributed by atoms with Crippen LogP contribution in [0.15, 0.2) is 77.1 Å². The number of nitrogens with zero attached hydrogens (tertiary/aromatic N) is 2. The Bertz CT molecular complexity index is 1330. The number of carbonyl (C=O) groups is 2. The Balaban J connectivity index is 1.31. The van der Waals surface area contributed by atoms with Gasteiger partial charge in [-0.05, 0) is 76.1 Å². The molecule has 0 bridgehead atoms. The van der Waals surface area contributed by atoms with E-state index in [0.29, 0.717) is 23.4 Å². The maximum absolute atomic E-state index is 13.4. The van der Waals surface area contributed by atoms with Crippen molar-refractivity contribution in [3.8, 4) is 0 Å². The van der Waals surface area contributed by atoms with Gasteiger partial charge in [0.05, 0.1) is 35.7 Å². The number of likely N-dealkylation sites (tertiary alicyclic amines) is 1. The first kappa shape index (κ1) is 31.0. The maximum atomic E-state index is 13.4. The van der Waals surface area contributed by atoms with Gasteiger partial charge in [-0.1, -0.05) is 48.9 Å². The Morgan fingerprint density at radius 2 is 1.67 bits per heavy atom. The highest BCUT2D eigenvalue weighted by molar-refractivity contribution is 5.99. The molecule has 4 rings (SSSR count). The second kappa shape index (κ2) is 14.8. The standard InChI is InChI=1S/C33H41N3O6/c1-23-29(32(37)41-3)31(27-14-8-15-28(22-27)36(39)40)30(24(2)34-23)33(38)42-21-9-18-35-19-16-26(17-20-35)13-7-12-25-10-5-4-6-11-25/h4-6,8,10-11,14-15,22,26,31,34H,7,9,12-13,16-21H2,1-3H3. The zero-order valence-electron chi connectivity index (χ0n) is 24.8. The summed E-state index contributed by atoms with van der Waals surface area (Å²) in [6, 6.07) is 16.6. The highest BCUT2D eigenvalue weighted by atomic mass is 16.6. The Morgan fingerprint density at radius 3 is 2.33 bits per heavy atom. The summed E-state index contributed by atoms with van der Waals surface area (Å²) < 4.78 is 10.7. The normalized spacial score (nSPS) is 18.0. The predicted molar refractivity (Wildman–Crippen MR) is 161 cm³/mol. The predicted octanol–water partition coefficient (Wildman–Crippen LogP) is 5.67. The number of carbonyl (C=O) groups excluding carboxylic acids is 2. The van der Waals surface area contributed by atoms with Gasteiger partial charge in [0, 0.05) is 30.1 Å². The van der Waals surface area contributed by atoms with E-state index in [4.69, 9.17) is 9.47 Å². The summed E-state index contributed by atoms with van der Waals surface area (Å²) in [5, 5.41) is 14.6. The zero-order valence-corrected chi connectivity index (χ0v) is 24.8. The van der Waals surface area contributed by atoms with E-state index in [1.807, 2.05) is 0 Å². The zero-order chi connectivity index (χ0) is 30.1. The number of non-ortho nitro benzene ring substituents is 1. The van der Waals surface area contributed by atoms with E-state index in [1.165, 1.54) is 50.5 Å². The van der Waals surface area contributed by atoms with Crippen LogP contribution in [0.5, 0.6) is 0 Å². The summed E-state index contributed by atoms with van der Waals surface area (Å²) in [6.07, 6.45) is 6.70. The van der Waals surface area contributed by atoms with Crippen molar-refractivity contribution in [1.29, 1.82) is 0 Å². The highest BCUT2D eigenvalue weighted by Gasteiger charge is 2.38. The molecule has 1 saturated heterocycles. The average molecular weight is 576 g/mol. The van der Waals surface area contributed by atoms with Crippen molar-refractivity contribution in [2.75, 3.05) is 33.4 Å². The monoisotopic (exact) mass is 575 g/mol. The summed E-state index contributed by atoms with van der Waals surface area (Å²) in [5.74, 6) is -1.25. The van der Waals surface area contributed by atoms with E-state index >= 15 is 0 Å². The van der Waals surface area contributed by atoms with Crippen LogP contribution in [-0.4, -0.2) is 55.1 Å². The Labute approximate surface area is 247 Å². The minimum Gasteiger partial charge on any atom is -0.466 e. The van der Waals surface area contributed by atoms with Gasteiger partial charge >= 0.3 is 11.9 Å². The van der Waals surface area contributed by atoms with Crippen molar-refractivity contribution in [2.24, 2.45) is 5.92 Å². The van der Waals surface area contributed by atoms with Crippen LogP contribution in [0, 0.1) is 16.0 Å². The van der Waals surface area contributed by atoms with Crippen LogP contribution in [-0.2, 0) is 25.5 Å². The van der Waals surface area contributed by atoms with Gasteiger partial charge in [-0.2, -0.15) is 0 Å². The molecular weight excluding hydrogens is 534 g/mol. The number of hydrogen-bond donors (Lipinski definition) is 1. The van der Waals surface area contributed by atoms with Gasteiger partial charge < -0.3 is 19.7 Å². The van der Waals surface area contributed by atoms with Crippen LogP contribution in [0.2, 0.25) is 0 Å². The molecule has 9 nitrogen and oxygen atoms in total. The second-order valence-corrected chi connectivity index (χ2v) is 11.1. The van der Waals surface area contributed by atoms with E-state index in [2.05, 4.69) is 40.5 Å². The fourth-order valence-electron chi connectivity index (χ4n) is 6.07. The third-order valence-corrected chi connectivity index (χ3v) is 8.28. The third-order valence-electron chi connectivity index (χ3n) is 8.28. The first-order valence-corrected chi connectivity index (χ1v) is 14.7.